The van der Waals surface area contributed by atoms with Crippen LogP contribution in [0.15, 0.2) is 34.2 Å². The topological polar surface area (TPSA) is 101 Å². The van der Waals surface area contributed by atoms with E-state index in [1.165, 1.54) is 4.88 Å². The summed E-state index contributed by atoms with van der Waals surface area (Å²) in [5.74, 6) is -0.161. The maximum absolute atomic E-state index is 12.9. The number of thioether (sulfide) groups is 1. The van der Waals surface area contributed by atoms with Gasteiger partial charge in [0, 0.05) is 4.88 Å². The van der Waals surface area contributed by atoms with Crippen molar-refractivity contribution in [3.05, 3.63) is 50.6 Å². The number of para-hydroxylation sites is 1. The highest BCUT2D eigenvalue weighted by Crippen LogP contribution is 2.42. The number of esters is 1. The van der Waals surface area contributed by atoms with E-state index >= 15 is 0 Å². The summed E-state index contributed by atoms with van der Waals surface area (Å²) >= 11 is 2.76. The molecule has 1 aliphatic carbocycles. The number of rotatable bonds is 6. The van der Waals surface area contributed by atoms with Crippen LogP contribution in [0.25, 0.3) is 10.2 Å². The van der Waals surface area contributed by atoms with Crippen LogP contribution in [-0.2, 0) is 22.4 Å². The number of fused-ring (bicyclic) bond motifs is 3. The SMILES string of the molecule is CCOC(=O)c1ccccc1NC(=O)CSc1nc2sc3c(c2c(=O)[nH]1)CCC(C(C)(C)C)C3. The van der Waals surface area contributed by atoms with Crippen LogP contribution in [0.3, 0.4) is 0 Å². The van der Waals surface area contributed by atoms with Gasteiger partial charge in [0.15, 0.2) is 5.16 Å². The number of aryl methyl sites for hydroxylation is 1. The van der Waals surface area contributed by atoms with Crippen LogP contribution >= 0.6 is 23.1 Å². The Kier molecular flexibility index (Phi) is 7.14. The van der Waals surface area contributed by atoms with E-state index in [-0.39, 0.29) is 29.2 Å². The molecule has 0 spiro atoms. The molecule has 1 amide bonds. The summed E-state index contributed by atoms with van der Waals surface area (Å²) in [6.45, 7) is 8.79. The third kappa shape index (κ3) is 5.20. The first-order valence-electron chi connectivity index (χ1n) is 11.4. The average Bonchev–Trinajstić information content (AvgIpc) is 3.16. The second-order valence-corrected chi connectivity index (χ2v) is 11.5. The summed E-state index contributed by atoms with van der Waals surface area (Å²) in [6, 6.07) is 6.71. The lowest BCUT2D eigenvalue weighted by Crippen LogP contribution is -2.26. The Morgan fingerprint density at radius 2 is 2.06 bits per heavy atom. The second-order valence-electron chi connectivity index (χ2n) is 9.46. The molecular formula is C25H29N3O4S2. The summed E-state index contributed by atoms with van der Waals surface area (Å²) in [6.07, 6.45) is 2.95. The number of benzene rings is 1. The number of amides is 1. The summed E-state index contributed by atoms with van der Waals surface area (Å²) in [5.41, 5.74) is 1.91. The normalized spacial score (nSPS) is 15.7. The van der Waals surface area contributed by atoms with E-state index in [9.17, 15) is 14.4 Å². The van der Waals surface area contributed by atoms with E-state index < -0.39 is 5.97 Å². The first-order chi connectivity index (χ1) is 16.2. The number of hydrogen-bond donors (Lipinski definition) is 2. The molecule has 7 nitrogen and oxygen atoms in total. The highest BCUT2D eigenvalue weighted by Gasteiger charge is 2.31. The Morgan fingerprint density at radius 1 is 1.29 bits per heavy atom. The number of H-pyrrole nitrogens is 1. The molecule has 2 N–H and O–H groups in total. The van der Waals surface area contributed by atoms with Crippen molar-refractivity contribution in [2.45, 2.75) is 52.1 Å². The lowest BCUT2D eigenvalue weighted by Gasteiger charge is -2.33. The zero-order chi connectivity index (χ0) is 24.5. The van der Waals surface area contributed by atoms with E-state index in [4.69, 9.17) is 4.74 Å². The van der Waals surface area contributed by atoms with Crippen LogP contribution in [0.2, 0.25) is 0 Å². The molecule has 34 heavy (non-hydrogen) atoms. The third-order valence-electron chi connectivity index (χ3n) is 6.16. The maximum Gasteiger partial charge on any atom is 0.340 e. The van der Waals surface area contributed by atoms with Gasteiger partial charge in [-0.15, -0.1) is 11.3 Å². The highest BCUT2D eigenvalue weighted by molar-refractivity contribution is 7.99. The average molecular weight is 500 g/mol. The maximum atomic E-state index is 12.9. The molecule has 0 saturated heterocycles. The van der Waals surface area contributed by atoms with Crippen molar-refractivity contribution in [3.8, 4) is 0 Å². The summed E-state index contributed by atoms with van der Waals surface area (Å²) < 4.78 is 5.05. The zero-order valence-electron chi connectivity index (χ0n) is 19.8. The Balaban J connectivity index is 1.47. The number of hydrogen-bond acceptors (Lipinski definition) is 7. The third-order valence-corrected chi connectivity index (χ3v) is 8.18. The second kappa shape index (κ2) is 9.92. The Bertz CT molecular complexity index is 1290. The molecule has 9 heteroatoms. The zero-order valence-corrected chi connectivity index (χ0v) is 21.5. The van der Waals surface area contributed by atoms with Gasteiger partial charge in [0.2, 0.25) is 5.91 Å². The molecule has 1 aliphatic rings. The van der Waals surface area contributed by atoms with Crippen molar-refractivity contribution in [3.63, 3.8) is 0 Å². The molecule has 0 bridgehead atoms. The fourth-order valence-electron chi connectivity index (χ4n) is 4.27. The molecular weight excluding hydrogens is 470 g/mol. The standard InChI is InChI=1S/C25H29N3O4S2/c1-5-32-23(31)15-8-6-7-9-17(15)26-19(29)13-33-24-27-21(30)20-16-11-10-14(25(2,3)4)12-18(16)34-22(20)28-24/h6-9,14H,5,10-13H2,1-4H3,(H,26,29)(H,27,28,30). The number of thiophene rings is 1. The molecule has 1 aromatic carbocycles. The van der Waals surface area contributed by atoms with Gasteiger partial charge in [0.25, 0.3) is 5.56 Å². The van der Waals surface area contributed by atoms with E-state index in [0.717, 1.165) is 41.4 Å². The largest absolute Gasteiger partial charge is 0.462 e. The molecule has 0 fully saturated rings. The highest BCUT2D eigenvalue weighted by atomic mass is 32.2. The van der Waals surface area contributed by atoms with Gasteiger partial charge in [0.05, 0.1) is 29.0 Å². The molecule has 4 rings (SSSR count). The minimum atomic E-state index is -0.488. The number of aromatic amines is 1. The predicted octanol–water partition coefficient (Wildman–Crippen LogP) is 5.04. The first kappa shape index (κ1) is 24.5. The van der Waals surface area contributed by atoms with Gasteiger partial charge in [-0.25, -0.2) is 9.78 Å². The van der Waals surface area contributed by atoms with Gasteiger partial charge in [-0.1, -0.05) is 44.7 Å². The van der Waals surface area contributed by atoms with Crippen LogP contribution in [0.4, 0.5) is 5.69 Å². The lowest BCUT2D eigenvalue weighted by molar-refractivity contribution is -0.113. The van der Waals surface area contributed by atoms with Gasteiger partial charge in [-0.2, -0.15) is 0 Å². The van der Waals surface area contributed by atoms with Crippen molar-refractivity contribution >= 4 is 50.9 Å². The molecule has 1 atom stereocenters. The van der Waals surface area contributed by atoms with Gasteiger partial charge in [-0.3, -0.25) is 9.59 Å². The number of aromatic nitrogens is 2. The minimum Gasteiger partial charge on any atom is -0.462 e. The Hall–Kier alpha value is -2.65. The van der Waals surface area contributed by atoms with Crippen LogP contribution in [0.5, 0.6) is 0 Å². The van der Waals surface area contributed by atoms with Gasteiger partial charge in [-0.05, 0) is 55.2 Å². The molecule has 3 aromatic rings. The first-order valence-corrected chi connectivity index (χ1v) is 13.2. The molecule has 180 valence electrons. The minimum absolute atomic E-state index is 0.0444. The van der Waals surface area contributed by atoms with Crippen molar-refractivity contribution in [2.75, 3.05) is 17.7 Å². The van der Waals surface area contributed by atoms with Crippen molar-refractivity contribution in [1.82, 2.24) is 9.97 Å². The van der Waals surface area contributed by atoms with Gasteiger partial charge >= 0.3 is 5.97 Å². The van der Waals surface area contributed by atoms with Crippen LogP contribution in [-0.4, -0.2) is 34.2 Å². The van der Waals surface area contributed by atoms with Gasteiger partial charge < -0.3 is 15.0 Å². The van der Waals surface area contributed by atoms with Crippen molar-refractivity contribution < 1.29 is 14.3 Å². The summed E-state index contributed by atoms with van der Waals surface area (Å²) in [4.78, 5) is 47.0. The number of nitrogens with one attached hydrogen (secondary N) is 2. The van der Waals surface area contributed by atoms with Crippen molar-refractivity contribution in [1.29, 1.82) is 0 Å². The quantitative estimate of drug-likeness (QED) is 0.280. The smallest absolute Gasteiger partial charge is 0.340 e. The van der Waals surface area contributed by atoms with Crippen LogP contribution in [0, 0.1) is 11.3 Å². The Morgan fingerprint density at radius 3 is 2.79 bits per heavy atom. The summed E-state index contributed by atoms with van der Waals surface area (Å²) in [5, 5.41) is 3.87. The molecule has 1 unspecified atom stereocenters. The van der Waals surface area contributed by atoms with E-state index in [1.54, 1.807) is 42.5 Å². The molecule has 0 aliphatic heterocycles. The lowest BCUT2D eigenvalue weighted by atomic mass is 9.72. The van der Waals surface area contributed by atoms with Gasteiger partial charge in [0.1, 0.15) is 4.83 Å². The van der Waals surface area contributed by atoms with E-state index in [1.807, 2.05) is 0 Å². The Labute approximate surface area is 206 Å². The van der Waals surface area contributed by atoms with E-state index in [2.05, 4.69) is 36.1 Å². The predicted molar refractivity (Wildman–Crippen MR) is 137 cm³/mol. The monoisotopic (exact) mass is 499 g/mol. The number of anilines is 1. The number of carbonyl (C=O) groups excluding carboxylic acids is 2. The fourth-order valence-corrected chi connectivity index (χ4v) is 6.29. The molecule has 2 aromatic heterocycles. The molecule has 0 radical (unpaired) electrons. The van der Waals surface area contributed by atoms with Crippen LogP contribution < -0.4 is 10.9 Å². The van der Waals surface area contributed by atoms with Crippen molar-refractivity contribution in [2.24, 2.45) is 11.3 Å². The number of ether oxygens (including phenoxy) is 1. The molecule has 0 saturated carbocycles. The number of nitrogens with zero attached hydrogens (tertiary/aromatic N) is 1. The summed E-state index contributed by atoms with van der Waals surface area (Å²) in [7, 11) is 0. The molecule has 2 heterocycles. The van der Waals surface area contributed by atoms with Crippen LogP contribution in [0.1, 0.15) is 54.9 Å². The number of carbonyl (C=O) groups is 2. The fraction of sp³-hybridized carbons (Fsp3) is 0.440. The van der Waals surface area contributed by atoms with E-state index in [0.29, 0.717) is 27.7 Å².